The van der Waals surface area contributed by atoms with Crippen LogP contribution in [0.5, 0.6) is 0 Å². The summed E-state index contributed by atoms with van der Waals surface area (Å²) in [5, 5.41) is 2.85. The number of rotatable bonds is 4. The third-order valence-electron chi connectivity index (χ3n) is 2.62. The summed E-state index contributed by atoms with van der Waals surface area (Å²) in [5.74, 6) is 0.347. The van der Waals surface area contributed by atoms with Crippen LogP contribution in [-0.4, -0.2) is 37.6 Å². The molecule has 1 aliphatic carbocycles. The van der Waals surface area contributed by atoms with E-state index in [0.29, 0.717) is 6.54 Å². The van der Waals surface area contributed by atoms with Crippen LogP contribution >= 0.6 is 0 Å². The number of carbonyl (C=O) groups excluding carboxylic acids is 1. The van der Waals surface area contributed by atoms with Gasteiger partial charge in [0.1, 0.15) is 0 Å². The highest BCUT2D eigenvalue weighted by Crippen LogP contribution is 2.24. The highest BCUT2D eigenvalue weighted by Gasteiger charge is 2.23. The van der Waals surface area contributed by atoms with E-state index in [1.54, 1.807) is 0 Å². The topological polar surface area (TPSA) is 58.4 Å². The Balaban J connectivity index is 2.25. The van der Waals surface area contributed by atoms with Crippen LogP contribution in [0.3, 0.4) is 0 Å². The summed E-state index contributed by atoms with van der Waals surface area (Å²) in [7, 11) is 3.89. The first-order valence-electron chi connectivity index (χ1n) is 5.30. The molecule has 1 atom stereocenters. The lowest BCUT2D eigenvalue weighted by Gasteiger charge is -2.20. The van der Waals surface area contributed by atoms with Crippen LogP contribution in [0, 0.1) is 5.92 Å². The summed E-state index contributed by atoms with van der Waals surface area (Å²) < 4.78 is 0. The molecule has 0 aromatic rings. The van der Waals surface area contributed by atoms with Gasteiger partial charge in [-0.15, -0.1) is 0 Å². The number of likely N-dealkylation sites (N-methyl/N-ethyl adjacent to an activating group) is 1. The van der Waals surface area contributed by atoms with Gasteiger partial charge in [-0.1, -0.05) is 12.8 Å². The van der Waals surface area contributed by atoms with Crippen molar-refractivity contribution < 1.29 is 4.79 Å². The van der Waals surface area contributed by atoms with Crippen LogP contribution < -0.4 is 11.1 Å². The van der Waals surface area contributed by atoms with E-state index in [9.17, 15) is 4.79 Å². The van der Waals surface area contributed by atoms with Crippen molar-refractivity contribution >= 4 is 5.91 Å². The Morgan fingerprint density at radius 3 is 2.57 bits per heavy atom. The zero-order valence-electron chi connectivity index (χ0n) is 9.12. The van der Waals surface area contributed by atoms with Gasteiger partial charge in [-0.05, 0) is 26.9 Å². The van der Waals surface area contributed by atoms with Gasteiger partial charge in [-0.3, -0.25) is 4.79 Å². The number of nitrogens with zero attached hydrogens (tertiary/aromatic N) is 1. The molecule has 0 aromatic heterocycles. The van der Waals surface area contributed by atoms with Crippen LogP contribution in [0.1, 0.15) is 25.7 Å². The molecular formula is C10H21N3O. The Morgan fingerprint density at radius 2 is 2.07 bits per heavy atom. The van der Waals surface area contributed by atoms with Crippen LogP contribution in [0.2, 0.25) is 0 Å². The van der Waals surface area contributed by atoms with Gasteiger partial charge in [-0.25, -0.2) is 0 Å². The van der Waals surface area contributed by atoms with Crippen molar-refractivity contribution in [2.24, 2.45) is 11.7 Å². The molecule has 3 N–H and O–H groups in total. The smallest absolute Gasteiger partial charge is 0.224 e. The molecule has 0 aromatic carbocycles. The van der Waals surface area contributed by atoms with Crippen LogP contribution in [0.15, 0.2) is 0 Å². The molecule has 4 nitrogen and oxygen atoms in total. The molecular weight excluding hydrogens is 178 g/mol. The third kappa shape index (κ3) is 3.64. The van der Waals surface area contributed by atoms with E-state index in [1.807, 2.05) is 19.0 Å². The van der Waals surface area contributed by atoms with E-state index in [0.717, 1.165) is 12.8 Å². The van der Waals surface area contributed by atoms with Gasteiger partial charge < -0.3 is 16.0 Å². The predicted octanol–water partition coefficient (Wildman–Crippen LogP) is 0.139. The van der Waals surface area contributed by atoms with Gasteiger partial charge in [0.2, 0.25) is 5.91 Å². The molecule has 0 heterocycles. The van der Waals surface area contributed by atoms with Gasteiger partial charge in [0.05, 0.1) is 6.17 Å². The first-order valence-corrected chi connectivity index (χ1v) is 5.30. The Bertz CT molecular complexity index is 188. The average Bonchev–Trinajstić information content (AvgIpc) is 2.53. The fourth-order valence-corrected chi connectivity index (χ4v) is 1.93. The standard InChI is InChI=1S/C10H21N3O/c1-13(2)7-9(11)12-10(14)8-5-3-4-6-8/h8-9H,3-7,11H2,1-2H3,(H,12,14). The first-order chi connectivity index (χ1) is 6.59. The lowest BCUT2D eigenvalue weighted by atomic mass is 10.1. The SMILES string of the molecule is CN(C)CC(N)NC(=O)C1CCCC1. The molecule has 1 rings (SSSR count). The maximum absolute atomic E-state index is 11.6. The molecule has 0 radical (unpaired) electrons. The second-order valence-corrected chi connectivity index (χ2v) is 4.36. The summed E-state index contributed by atoms with van der Waals surface area (Å²) in [6.45, 7) is 0.693. The molecule has 0 bridgehead atoms. The normalized spacial score (nSPS) is 20.0. The molecule has 1 saturated carbocycles. The van der Waals surface area contributed by atoms with Gasteiger partial charge >= 0.3 is 0 Å². The lowest BCUT2D eigenvalue weighted by molar-refractivity contribution is -0.125. The first kappa shape index (κ1) is 11.5. The van der Waals surface area contributed by atoms with E-state index < -0.39 is 0 Å². The Morgan fingerprint density at radius 1 is 1.50 bits per heavy atom. The molecule has 0 spiro atoms. The van der Waals surface area contributed by atoms with Crippen molar-refractivity contribution in [2.75, 3.05) is 20.6 Å². The van der Waals surface area contributed by atoms with Crippen LogP contribution in [0.25, 0.3) is 0 Å². The minimum atomic E-state index is -0.238. The van der Waals surface area contributed by atoms with E-state index in [4.69, 9.17) is 5.73 Å². The summed E-state index contributed by atoms with van der Waals surface area (Å²) in [4.78, 5) is 13.6. The largest absolute Gasteiger partial charge is 0.339 e. The highest BCUT2D eigenvalue weighted by atomic mass is 16.2. The Hall–Kier alpha value is -0.610. The maximum atomic E-state index is 11.6. The maximum Gasteiger partial charge on any atom is 0.224 e. The number of hydrogen-bond acceptors (Lipinski definition) is 3. The molecule has 1 aliphatic rings. The molecule has 14 heavy (non-hydrogen) atoms. The number of nitrogens with two attached hydrogens (primary N) is 1. The van der Waals surface area contributed by atoms with Crippen molar-refractivity contribution in [1.29, 1.82) is 0 Å². The van der Waals surface area contributed by atoms with Crippen molar-refractivity contribution in [1.82, 2.24) is 10.2 Å². The van der Waals surface area contributed by atoms with Crippen LogP contribution in [0.4, 0.5) is 0 Å². The average molecular weight is 199 g/mol. The molecule has 1 amide bonds. The molecule has 0 aliphatic heterocycles. The summed E-state index contributed by atoms with van der Waals surface area (Å²) >= 11 is 0. The fraction of sp³-hybridized carbons (Fsp3) is 0.900. The molecule has 1 fully saturated rings. The van der Waals surface area contributed by atoms with E-state index in [1.165, 1.54) is 12.8 Å². The number of amides is 1. The van der Waals surface area contributed by atoms with Gasteiger partial charge in [0.15, 0.2) is 0 Å². The second-order valence-electron chi connectivity index (χ2n) is 4.36. The van der Waals surface area contributed by atoms with Crippen molar-refractivity contribution in [3.05, 3.63) is 0 Å². The molecule has 1 unspecified atom stereocenters. The summed E-state index contributed by atoms with van der Waals surface area (Å²) in [6, 6.07) is 0. The number of carbonyl (C=O) groups is 1. The lowest BCUT2D eigenvalue weighted by Crippen LogP contribution is -2.49. The number of hydrogen-bond donors (Lipinski definition) is 2. The minimum Gasteiger partial charge on any atom is -0.339 e. The van der Waals surface area contributed by atoms with Gasteiger partial charge in [-0.2, -0.15) is 0 Å². The molecule has 0 saturated heterocycles. The molecule has 4 heteroatoms. The predicted molar refractivity (Wildman–Crippen MR) is 56.6 cm³/mol. The zero-order valence-corrected chi connectivity index (χ0v) is 9.12. The van der Waals surface area contributed by atoms with E-state index >= 15 is 0 Å². The number of nitrogens with one attached hydrogen (secondary N) is 1. The monoisotopic (exact) mass is 199 g/mol. The summed E-state index contributed by atoms with van der Waals surface area (Å²) in [6.07, 6.45) is 4.18. The van der Waals surface area contributed by atoms with Crippen LogP contribution in [-0.2, 0) is 4.79 Å². The van der Waals surface area contributed by atoms with Crippen molar-refractivity contribution in [3.8, 4) is 0 Å². The Labute approximate surface area is 85.8 Å². The molecule has 82 valence electrons. The Kier molecular flexibility index (Phi) is 4.35. The summed E-state index contributed by atoms with van der Waals surface area (Å²) in [5.41, 5.74) is 5.77. The van der Waals surface area contributed by atoms with Gasteiger partial charge in [0.25, 0.3) is 0 Å². The second kappa shape index (κ2) is 5.32. The van der Waals surface area contributed by atoms with Gasteiger partial charge in [0, 0.05) is 12.5 Å². The van der Waals surface area contributed by atoms with E-state index in [-0.39, 0.29) is 18.0 Å². The van der Waals surface area contributed by atoms with E-state index in [2.05, 4.69) is 5.32 Å². The third-order valence-corrected chi connectivity index (χ3v) is 2.62. The van der Waals surface area contributed by atoms with Crippen molar-refractivity contribution in [2.45, 2.75) is 31.8 Å². The minimum absolute atomic E-state index is 0.136. The van der Waals surface area contributed by atoms with Crippen molar-refractivity contribution in [3.63, 3.8) is 0 Å². The highest BCUT2D eigenvalue weighted by molar-refractivity contribution is 5.79. The quantitative estimate of drug-likeness (QED) is 0.633. The fourth-order valence-electron chi connectivity index (χ4n) is 1.93. The zero-order chi connectivity index (χ0) is 10.6.